The molecule has 42 heavy (non-hydrogen) atoms. The van der Waals surface area contributed by atoms with Gasteiger partial charge in [0.15, 0.2) is 11.3 Å². The normalized spacial score (nSPS) is 11.8. The van der Waals surface area contributed by atoms with Gasteiger partial charge in [-0.1, -0.05) is 48.5 Å². The van der Waals surface area contributed by atoms with Gasteiger partial charge in [-0.05, 0) is 71.8 Å². The van der Waals surface area contributed by atoms with Crippen LogP contribution in [0.1, 0.15) is 0 Å². The minimum atomic E-state index is 0.810. The van der Waals surface area contributed by atoms with Gasteiger partial charge in [0.1, 0.15) is 0 Å². The average Bonchev–Trinajstić information content (AvgIpc) is 3.63. The summed E-state index contributed by atoms with van der Waals surface area (Å²) >= 11 is 0. The highest BCUT2D eigenvalue weighted by atomic mass is 15.1. The summed E-state index contributed by atoms with van der Waals surface area (Å²) in [7, 11) is 0. The summed E-state index contributed by atoms with van der Waals surface area (Å²) in [5.41, 5.74) is 12.0. The summed E-state index contributed by atoms with van der Waals surface area (Å²) in [5.74, 6) is 0. The molecule has 0 amide bonds. The van der Waals surface area contributed by atoms with Crippen LogP contribution in [0.25, 0.3) is 77.4 Å². The summed E-state index contributed by atoms with van der Waals surface area (Å²) in [6.45, 7) is 0. The lowest BCUT2D eigenvalue weighted by atomic mass is 9.99. The average molecular weight is 539 g/mol. The fourth-order valence-electron chi connectivity index (χ4n) is 6.16. The quantitative estimate of drug-likeness (QED) is 0.222. The largest absolute Gasteiger partial charge is 0.289 e. The Bertz CT molecular complexity index is 2330. The fourth-order valence-corrected chi connectivity index (χ4v) is 6.16. The Morgan fingerprint density at radius 2 is 0.881 bits per heavy atom. The zero-order valence-corrected chi connectivity index (χ0v) is 22.4. The van der Waals surface area contributed by atoms with Crippen LogP contribution >= 0.6 is 0 Å². The van der Waals surface area contributed by atoms with E-state index in [0.717, 1.165) is 77.4 Å². The molecule has 0 aliphatic carbocycles. The van der Waals surface area contributed by atoms with Crippen molar-refractivity contribution in [2.24, 2.45) is 0 Å². The number of nitrogens with zero attached hydrogens (tertiary/aromatic N) is 6. The van der Waals surface area contributed by atoms with Crippen LogP contribution in [0.3, 0.4) is 0 Å². The maximum atomic E-state index is 5.17. The molecule has 0 unspecified atom stereocenters. The van der Waals surface area contributed by atoms with Gasteiger partial charge < -0.3 is 0 Å². The molecule has 0 saturated carbocycles. The number of benzene rings is 4. The lowest BCUT2D eigenvalue weighted by Gasteiger charge is -2.12. The summed E-state index contributed by atoms with van der Waals surface area (Å²) < 4.78 is 4.52. The summed E-state index contributed by atoms with van der Waals surface area (Å²) in [6, 6.07) is 38.1. The topological polar surface area (TPSA) is 60.4 Å². The van der Waals surface area contributed by atoms with Crippen molar-refractivity contribution in [3.63, 3.8) is 0 Å². The van der Waals surface area contributed by atoms with Gasteiger partial charge in [0.2, 0.25) is 0 Å². The van der Waals surface area contributed by atoms with Crippen molar-refractivity contribution < 1.29 is 0 Å². The van der Waals surface area contributed by atoms with Crippen LogP contribution in [0.4, 0.5) is 0 Å². The second-order valence-electron chi connectivity index (χ2n) is 10.5. The molecule has 5 heterocycles. The minimum absolute atomic E-state index is 0.810. The van der Waals surface area contributed by atoms with Crippen molar-refractivity contribution >= 4 is 55.2 Å². The van der Waals surface area contributed by atoms with Gasteiger partial charge in [-0.25, -0.2) is 9.97 Å². The number of rotatable bonds is 2. The molecule has 196 valence electrons. The number of hydrogen-bond donors (Lipinski definition) is 0. The molecule has 0 N–H and O–H groups in total. The van der Waals surface area contributed by atoms with E-state index in [0.29, 0.717) is 0 Å². The van der Waals surface area contributed by atoms with E-state index in [1.165, 1.54) is 0 Å². The summed E-state index contributed by atoms with van der Waals surface area (Å²) in [6.07, 6.45) is 7.44. The summed E-state index contributed by atoms with van der Waals surface area (Å²) in [5, 5.41) is 2.20. The highest BCUT2D eigenvalue weighted by Gasteiger charge is 2.17. The van der Waals surface area contributed by atoms with E-state index in [4.69, 9.17) is 9.97 Å². The molecule has 6 heteroatoms. The van der Waals surface area contributed by atoms with Crippen molar-refractivity contribution in [3.05, 3.63) is 134 Å². The molecule has 5 aromatic heterocycles. The van der Waals surface area contributed by atoms with Gasteiger partial charge in [-0.15, -0.1) is 0 Å². The van der Waals surface area contributed by atoms with E-state index in [1.807, 2.05) is 49.1 Å². The zero-order valence-electron chi connectivity index (χ0n) is 22.4. The van der Waals surface area contributed by atoms with Crippen molar-refractivity contribution in [1.29, 1.82) is 0 Å². The molecular formula is C36H22N6. The molecule has 0 spiro atoms. The Balaban J connectivity index is 1.60. The van der Waals surface area contributed by atoms with Gasteiger partial charge in [0, 0.05) is 46.7 Å². The van der Waals surface area contributed by atoms with Crippen LogP contribution in [0, 0.1) is 0 Å². The van der Waals surface area contributed by atoms with E-state index in [-0.39, 0.29) is 0 Å². The number of para-hydroxylation sites is 4. The Morgan fingerprint density at radius 3 is 1.33 bits per heavy atom. The third-order valence-corrected chi connectivity index (χ3v) is 8.08. The number of aromatic nitrogens is 6. The standard InChI is InChI=1S/C36H22N6/c1-3-11-33-29(9-1)39-35-36-40-30-10-2-4-12-34(30)42(36)32-16-14-24(26-8-6-18-38-22-26)20-28(32)27-19-23(13-15-31(27)41(33)35)25-7-5-17-37-21-25/h1-22H. The SMILES string of the molecule is c1cncc(-c2ccc3c(c2)c2cc(-c4cccnc4)ccc2n2c4ccccc4nc2c2nc4ccccc4n32)c1. The maximum absolute atomic E-state index is 5.17. The molecule has 9 aromatic rings. The van der Waals surface area contributed by atoms with Crippen molar-refractivity contribution in [2.45, 2.75) is 0 Å². The van der Waals surface area contributed by atoms with Crippen LogP contribution in [0.2, 0.25) is 0 Å². The van der Waals surface area contributed by atoms with Crippen molar-refractivity contribution in [1.82, 2.24) is 28.7 Å². The Labute approximate surface area is 239 Å². The predicted octanol–water partition coefficient (Wildman–Crippen LogP) is 8.28. The van der Waals surface area contributed by atoms with E-state index in [2.05, 4.69) is 104 Å². The van der Waals surface area contributed by atoms with Crippen LogP contribution < -0.4 is 0 Å². The third-order valence-electron chi connectivity index (χ3n) is 8.08. The molecule has 9 rings (SSSR count). The molecule has 0 atom stereocenters. The monoisotopic (exact) mass is 538 g/mol. The number of pyridine rings is 2. The van der Waals surface area contributed by atoms with E-state index < -0.39 is 0 Å². The Hall–Kier alpha value is -5.88. The number of imidazole rings is 2. The highest BCUT2D eigenvalue weighted by molar-refractivity contribution is 6.10. The summed E-state index contributed by atoms with van der Waals surface area (Å²) in [4.78, 5) is 19.1. The van der Waals surface area contributed by atoms with Gasteiger partial charge in [-0.3, -0.25) is 18.8 Å². The van der Waals surface area contributed by atoms with Crippen LogP contribution in [-0.4, -0.2) is 28.7 Å². The molecule has 0 aliphatic heterocycles. The first-order valence-electron chi connectivity index (χ1n) is 13.9. The molecule has 0 bridgehead atoms. The Morgan fingerprint density at radius 1 is 0.405 bits per heavy atom. The predicted molar refractivity (Wildman–Crippen MR) is 169 cm³/mol. The number of hydrogen-bond acceptors (Lipinski definition) is 4. The lowest BCUT2D eigenvalue weighted by molar-refractivity contribution is 1.24. The van der Waals surface area contributed by atoms with Crippen LogP contribution in [0.15, 0.2) is 134 Å². The van der Waals surface area contributed by atoms with E-state index in [9.17, 15) is 0 Å². The van der Waals surface area contributed by atoms with E-state index >= 15 is 0 Å². The number of fused-ring (bicyclic) bond motifs is 12. The van der Waals surface area contributed by atoms with Gasteiger partial charge in [0.05, 0.1) is 33.1 Å². The fraction of sp³-hybridized carbons (Fsp3) is 0. The first kappa shape index (κ1) is 22.9. The molecule has 6 nitrogen and oxygen atoms in total. The first-order valence-corrected chi connectivity index (χ1v) is 13.9. The van der Waals surface area contributed by atoms with Gasteiger partial charge >= 0.3 is 0 Å². The minimum Gasteiger partial charge on any atom is -0.289 e. The van der Waals surface area contributed by atoms with Crippen molar-refractivity contribution in [3.8, 4) is 22.3 Å². The lowest BCUT2D eigenvalue weighted by Crippen LogP contribution is -1.95. The van der Waals surface area contributed by atoms with Gasteiger partial charge in [-0.2, -0.15) is 0 Å². The molecular weight excluding hydrogens is 516 g/mol. The molecule has 4 aromatic carbocycles. The highest BCUT2D eigenvalue weighted by Crippen LogP contribution is 2.35. The molecule has 0 radical (unpaired) electrons. The second-order valence-corrected chi connectivity index (χ2v) is 10.5. The molecule has 0 saturated heterocycles. The van der Waals surface area contributed by atoms with E-state index in [1.54, 1.807) is 0 Å². The zero-order chi connectivity index (χ0) is 27.6. The molecule has 0 aliphatic rings. The smallest absolute Gasteiger partial charge is 0.182 e. The first-order chi connectivity index (χ1) is 20.8. The second kappa shape index (κ2) is 8.81. The maximum Gasteiger partial charge on any atom is 0.182 e. The molecule has 0 fully saturated rings. The van der Waals surface area contributed by atoms with Crippen LogP contribution in [-0.2, 0) is 0 Å². The van der Waals surface area contributed by atoms with Gasteiger partial charge in [0.25, 0.3) is 0 Å². The Kier molecular flexibility index (Phi) is 4.80. The third kappa shape index (κ3) is 3.32. The van der Waals surface area contributed by atoms with Crippen molar-refractivity contribution in [2.75, 3.05) is 0 Å². The van der Waals surface area contributed by atoms with Crippen LogP contribution in [0.5, 0.6) is 0 Å².